The number of rotatable bonds is 6. The van der Waals surface area contributed by atoms with E-state index in [1.807, 2.05) is 11.3 Å². The lowest BCUT2D eigenvalue weighted by atomic mass is 9.79. The van der Waals surface area contributed by atoms with Crippen LogP contribution in [0.15, 0.2) is 36.0 Å². The van der Waals surface area contributed by atoms with E-state index < -0.39 is 24.3 Å². The molecule has 0 bridgehead atoms. The van der Waals surface area contributed by atoms with Crippen molar-refractivity contribution >= 4 is 29.2 Å². The van der Waals surface area contributed by atoms with E-state index in [0.717, 1.165) is 39.1 Å². The number of carbonyl (C=O) groups excluding carboxylic acids is 1. The van der Waals surface area contributed by atoms with Gasteiger partial charge in [0, 0.05) is 50.1 Å². The molecule has 2 aliphatic rings. The maximum atomic E-state index is 12.1. The highest BCUT2D eigenvalue weighted by molar-refractivity contribution is 7.10. The summed E-state index contributed by atoms with van der Waals surface area (Å²) in [7, 11) is 0. The lowest BCUT2D eigenvalue weighted by Gasteiger charge is -2.50. The average Bonchev–Trinajstić information content (AvgIpc) is 3.45. The third kappa shape index (κ3) is 9.75. The predicted octanol–water partition coefficient (Wildman–Crippen LogP) is 4.13. The summed E-state index contributed by atoms with van der Waals surface area (Å²) in [6, 6.07) is 5.77. The van der Waals surface area contributed by atoms with Crippen LogP contribution in [-0.4, -0.2) is 82.1 Å². The Morgan fingerprint density at radius 2 is 1.73 bits per heavy atom. The van der Waals surface area contributed by atoms with Crippen LogP contribution in [0.5, 0.6) is 0 Å². The number of pyridine rings is 1. The molecule has 40 heavy (non-hydrogen) atoms. The van der Waals surface area contributed by atoms with Crippen molar-refractivity contribution in [3.8, 4) is 0 Å². The van der Waals surface area contributed by atoms with Gasteiger partial charge in [-0.3, -0.25) is 14.7 Å². The van der Waals surface area contributed by atoms with Crippen LogP contribution in [-0.2, 0) is 20.9 Å². The van der Waals surface area contributed by atoms with Crippen LogP contribution in [0.3, 0.4) is 0 Å². The highest BCUT2D eigenvalue weighted by Crippen LogP contribution is 2.42. The van der Waals surface area contributed by atoms with Crippen LogP contribution >= 0.6 is 11.3 Å². The smallest absolute Gasteiger partial charge is 0.475 e. The first-order valence-electron chi connectivity index (χ1n) is 11.7. The zero-order valence-electron chi connectivity index (χ0n) is 21.1. The summed E-state index contributed by atoms with van der Waals surface area (Å²) in [5.74, 6) is -5.04. The van der Waals surface area contributed by atoms with Gasteiger partial charge in [0.15, 0.2) is 0 Å². The number of nitrogens with zero attached hydrogens (tertiary/aromatic N) is 2. The molecule has 2 aliphatic heterocycles. The molecule has 222 valence electrons. The van der Waals surface area contributed by atoms with Gasteiger partial charge in [-0.05, 0) is 54.8 Å². The number of aromatic nitrogens is 1. The van der Waals surface area contributed by atoms with Crippen LogP contribution in [0, 0.1) is 12.8 Å². The highest BCUT2D eigenvalue weighted by Gasteiger charge is 2.52. The molecule has 2 fully saturated rings. The number of ether oxygens (including phenoxy) is 1. The van der Waals surface area contributed by atoms with Gasteiger partial charge >= 0.3 is 24.3 Å². The van der Waals surface area contributed by atoms with E-state index in [-0.39, 0.29) is 11.5 Å². The molecule has 2 aromatic heterocycles. The number of hydrogen-bond donors (Lipinski definition) is 3. The van der Waals surface area contributed by atoms with Gasteiger partial charge in [-0.25, -0.2) is 9.59 Å². The average molecular weight is 600 g/mol. The van der Waals surface area contributed by atoms with Crippen LogP contribution < -0.4 is 5.32 Å². The van der Waals surface area contributed by atoms with Gasteiger partial charge in [0.05, 0.1) is 11.2 Å². The van der Waals surface area contributed by atoms with Crippen molar-refractivity contribution in [2.24, 2.45) is 5.92 Å². The molecule has 1 amide bonds. The number of carboxylic acid groups (broad SMARTS) is 2. The van der Waals surface area contributed by atoms with Gasteiger partial charge < -0.3 is 20.3 Å². The molecule has 0 aromatic carbocycles. The Labute approximate surface area is 228 Å². The van der Waals surface area contributed by atoms with Crippen molar-refractivity contribution in [3.05, 3.63) is 52.0 Å². The van der Waals surface area contributed by atoms with Crippen molar-refractivity contribution in [1.82, 2.24) is 15.2 Å². The molecule has 0 saturated carbocycles. The van der Waals surface area contributed by atoms with Crippen LogP contribution in [0.2, 0.25) is 0 Å². The number of amides is 1. The zero-order chi connectivity index (χ0) is 30.1. The molecule has 2 saturated heterocycles. The van der Waals surface area contributed by atoms with E-state index in [0.29, 0.717) is 18.0 Å². The molecule has 3 N–H and O–H groups in total. The molecule has 1 atom stereocenters. The molecule has 2 aromatic rings. The number of alkyl halides is 6. The van der Waals surface area contributed by atoms with Gasteiger partial charge in [0.2, 0.25) is 0 Å². The lowest BCUT2D eigenvalue weighted by molar-refractivity contribution is -0.193. The first-order chi connectivity index (χ1) is 18.5. The topological polar surface area (TPSA) is 129 Å². The number of carboxylic acids is 2. The number of halogens is 6. The van der Waals surface area contributed by atoms with Gasteiger partial charge in [-0.15, -0.1) is 11.3 Å². The number of carbonyl (C=O) groups is 3. The summed E-state index contributed by atoms with van der Waals surface area (Å²) in [5, 5.41) is 19.4. The monoisotopic (exact) mass is 599 g/mol. The summed E-state index contributed by atoms with van der Waals surface area (Å²) in [4.78, 5) is 37.9. The second-order valence-corrected chi connectivity index (χ2v) is 9.96. The standard InChI is InChI=1S/C20H25N3O2S.2C2HF3O2/c1-15-6-10-26-18(15)12-23-13-20(14-23)17(5-9-25-20)4-8-22-19(24)16-3-2-7-21-11-16;2*3-2(4,5)1(6)7/h2-3,6-7,10-11,17H,4-5,8-9,12-14H2,1H3,(H,22,24);2*(H,6,7). The fraction of sp³-hybridized carbons (Fsp3) is 0.500. The number of nitrogens with one attached hydrogen (secondary N) is 1. The molecule has 1 unspecified atom stereocenters. The van der Waals surface area contributed by atoms with Crippen LogP contribution in [0.25, 0.3) is 0 Å². The van der Waals surface area contributed by atoms with E-state index in [9.17, 15) is 31.1 Å². The fourth-order valence-corrected chi connectivity index (χ4v) is 5.04. The van der Waals surface area contributed by atoms with Crippen LogP contribution in [0.1, 0.15) is 33.6 Å². The number of hydrogen-bond acceptors (Lipinski definition) is 7. The van der Waals surface area contributed by atoms with Crippen molar-refractivity contribution in [2.45, 2.75) is 44.3 Å². The highest BCUT2D eigenvalue weighted by atomic mass is 32.1. The molecular weight excluding hydrogens is 572 g/mol. The number of likely N-dealkylation sites (tertiary alicyclic amines) is 1. The van der Waals surface area contributed by atoms with Crippen LogP contribution in [0.4, 0.5) is 26.3 Å². The molecule has 1 spiro atoms. The molecule has 0 radical (unpaired) electrons. The lowest BCUT2D eigenvalue weighted by Crippen LogP contribution is -2.64. The molecule has 4 heterocycles. The second kappa shape index (κ2) is 13.9. The maximum Gasteiger partial charge on any atom is 0.490 e. The molecular formula is C24H27F6N3O6S. The number of aryl methyl sites for hydroxylation is 1. The summed E-state index contributed by atoms with van der Waals surface area (Å²) in [6.07, 6.45) is -4.82. The minimum atomic E-state index is -5.08. The predicted molar refractivity (Wildman–Crippen MR) is 130 cm³/mol. The van der Waals surface area contributed by atoms with E-state index in [2.05, 4.69) is 33.6 Å². The first-order valence-corrected chi connectivity index (χ1v) is 12.6. The second-order valence-electron chi connectivity index (χ2n) is 8.96. The first kappa shape index (κ1) is 33.0. The van der Waals surface area contributed by atoms with Crippen molar-refractivity contribution in [2.75, 3.05) is 26.2 Å². The van der Waals surface area contributed by atoms with E-state index >= 15 is 0 Å². The normalized spacial score (nSPS) is 18.0. The van der Waals surface area contributed by atoms with Gasteiger partial charge in [0.1, 0.15) is 0 Å². The van der Waals surface area contributed by atoms with Gasteiger partial charge in [0.25, 0.3) is 5.91 Å². The third-order valence-corrected chi connectivity index (χ3v) is 7.11. The van der Waals surface area contributed by atoms with Crippen molar-refractivity contribution in [1.29, 1.82) is 0 Å². The summed E-state index contributed by atoms with van der Waals surface area (Å²) in [5.41, 5.74) is 2.01. The number of aliphatic carboxylic acids is 2. The number of thiophene rings is 1. The maximum absolute atomic E-state index is 12.1. The Balaban J connectivity index is 0.000000333. The summed E-state index contributed by atoms with van der Waals surface area (Å²) >= 11 is 1.84. The Morgan fingerprint density at radius 1 is 1.12 bits per heavy atom. The Kier molecular flexibility index (Phi) is 11.5. The van der Waals surface area contributed by atoms with E-state index in [4.69, 9.17) is 24.5 Å². The molecule has 4 rings (SSSR count). The summed E-state index contributed by atoms with van der Waals surface area (Å²) < 4.78 is 69.6. The van der Waals surface area contributed by atoms with Gasteiger partial charge in [-0.1, -0.05) is 0 Å². The van der Waals surface area contributed by atoms with Crippen molar-refractivity contribution < 1.29 is 55.7 Å². The quantitative estimate of drug-likeness (QED) is 0.423. The Bertz CT molecular complexity index is 1110. The zero-order valence-corrected chi connectivity index (χ0v) is 21.9. The molecule has 16 heteroatoms. The van der Waals surface area contributed by atoms with E-state index in [1.54, 1.807) is 24.5 Å². The SMILES string of the molecule is Cc1ccsc1CN1CC2(C1)OCCC2CCNC(=O)c1cccnc1.O=C(O)C(F)(F)F.O=C(O)C(F)(F)F. The third-order valence-electron chi connectivity index (χ3n) is 6.10. The minimum Gasteiger partial charge on any atom is -0.475 e. The Morgan fingerprint density at radius 3 is 2.20 bits per heavy atom. The molecule has 0 aliphatic carbocycles. The van der Waals surface area contributed by atoms with E-state index in [1.165, 1.54) is 10.4 Å². The minimum absolute atomic E-state index is 0.00416. The molecule has 9 nitrogen and oxygen atoms in total. The summed E-state index contributed by atoms with van der Waals surface area (Å²) in [6.45, 7) is 6.75. The van der Waals surface area contributed by atoms with Gasteiger partial charge in [-0.2, -0.15) is 26.3 Å². The van der Waals surface area contributed by atoms with Crippen molar-refractivity contribution in [3.63, 3.8) is 0 Å². The Hall–Kier alpha value is -3.24. The fourth-order valence-electron chi connectivity index (χ4n) is 4.09. The largest absolute Gasteiger partial charge is 0.490 e.